The largest absolute Gasteiger partial charge is 0.317 e. The molecule has 3 heteroatoms. The summed E-state index contributed by atoms with van der Waals surface area (Å²) in [7, 11) is 1.97. The molecule has 0 aliphatic rings. The Bertz CT molecular complexity index is 395. The summed E-state index contributed by atoms with van der Waals surface area (Å²) in [5, 5.41) is 3.60. The summed E-state index contributed by atoms with van der Waals surface area (Å²) in [6.07, 6.45) is 11.1. The third kappa shape index (κ3) is 7.28. The molecule has 0 saturated heterocycles. The molecule has 0 saturated carbocycles. The van der Waals surface area contributed by atoms with Gasteiger partial charge in [-0.3, -0.25) is 0 Å². The Morgan fingerprint density at radius 1 is 1.10 bits per heavy atom. The molecule has 0 amide bonds. The van der Waals surface area contributed by atoms with E-state index in [9.17, 15) is 4.39 Å². The fourth-order valence-electron chi connectivity index (χ4n) is 2.67. The third-order valence-electron chi connectivity index (χ3n) is 4.06. The van der Waals surface area contributed by atoms with Gasteiger partial charge in [0.25, 0.3) is 0 Å². The van der Waals surface area contributed by atoms with E-state index in [1.807, 2.05) is 13.1 Å². The van der Waals surface area contributed by atoms with Gasteiger partial charge in [0, 0.05) is 6.04 Å². The smallest absolute Gasteiger partial charge is 0.142 e. The molecule has 21 heavy (non-hydrogen) atoms. The molecule has 0 spiro atoms. The van der Waals surface area contributed by atoms with Crippen molar-refractivity contribution >= 4 is 11.6 Å². The van der Waals surface area contributed by atoms with Gasteiger partial charge in [0.2, 0.25) is 0 Å². The van der Waals surface area contributed by atoms with Gasteiger partial charge in [-0.25, -0.2) is 4.39 Å². The lowest BCUT2D eigenvalue weighted by Crippen LogP contribution is -2.27. The van der Waals surface area contributed by atoms with Crippen molar-refractivity contribution in [2.75, 3.05) is 7.05 Å². The first-order chi connectivity index (χ1) is 10.2. The fraction of sp³-hybridized carbons (Fsp3) is 0.667. The Morgan fingerprint density at radius 3 is 2.43 bits per heavy atom. The number of benzene rings is 1. The predicted octanol–water partition coefficient (Wildman–Crippen LogP) is 5.75. The molecule has 1 unspecified atom stereocenters. The summed E-state index contributed by atoms with van der Waals surface area (Å²) in [5.74, 6) is -0.319. The van der Waals surface area contributed by atoms with Crippen LogP contribution < -0.4 is 5.32 Å². The van der Waals surface area contributed by atoms with Gasteiger partial charge in [0.15, 0.2) is 0 Å². The third-order valence-corrected chi connectivity index (χ3v) is 4.49. The van der Waals surface area contributed by atoms with Gasteiger partial charge in [0.05, 0.1) is 5.02 Å². The van der Waals surface area contributed by atoms with Gasteiger partial charge in [-0.2, -0.15) is 0 Å². The van der Waals surface area contributed by atoms with Gasteiger partial charge in [0.1, 0.15) is 5.82 Å². The van der Waals surface area contributed by atoms with Crippen LogP contribution in [-0.2, 0) is 6.42 Å². The molecule has 1 aromatic carbocycles. The first kappa shape index (κ1) is 18.4. The maximum Gasteiger partial charge on any atom is 0.142 e. The number of rotatable bonds is 11. The van der Waals surface area contributed by atoms with Crippen LogP contribution in [0.3, 0.4) is 0 Å². The lowest BCUT2D eigenvalue weighted by molar-refractivity contribution is 0.477. The van der Waals surface area contributed by atoms with Crippen molar-refractivity contribution in [1.29, 1.82) is 0 Å². The Hall–Kier alpha value is -0.600. The minimum absolute atomic E-state index is 0.275. The number of unbranched alkanes of at least 4 members (excludes halogenated alkanes) is 6. The van der Waals surface area contributed by atoms with Crippen molar-refractivity contribution in [1.82, 2.24) is 5.32 Å². The Balaban J connectivity index is 2.27. The zero-order chi connectivity index (χ0) is 15.5. The van der Waals surface area contributed by atoms with E-state index in [-0.39, 0.29) is 10.8 Å². The van der Waals surface area contributed by atoms with Gasteiger partial charge in [-0.1, -0.05) is 75.6 Å². The van der Waals surface area contributed by atoms with E-state index in [0.717, 1.165) is 18.4 Å². The van der Waals surface area contributed by atoms with Crippen molar-refractivity contribution < 1.29 is 4.39 Å². The van der Waals surface area contributed by atoms with Crippen LogP contribution in [0.1, 0.15) is 63.9 Å². The molecule has 0 radical (unpaired) electrons. The van der Waals surface area contributed by atoms with Crippen LogP contribution in [0.4, 0.5) is 4.39 Å². The van der Waals surface area contributed by atoms with Crippen LogP contribution in [0, 0.1) is 5.82 Å². The summed E-state index contributed by atoms with van der Waals surface area (Å²) in [4.78, 5) is 0. The molecule has 1 rings (SSSR count). The monoisotopic (exact) mass is 313 g/mol. The molecule has 1 atom stereocenters. The first-order valence-corrected chi connectivity index (χ1v) is 8.67. The van der Waals surface area contributed by atoms with Crippen LogP contribution >= 0.6 is 11.6 Å². The van der Waals surface area contributed by atoms with Gasteiger partial charge in [-0.15, -0.1) is 0 Å². The first-order valence-electron chi connectivity index (χ1n) is 8.29. The topological polar surface area (TPSA) is 12.0 Å². The van der Waals surface area contributed by atoms with E-state index in [4.69, 9.17) is 11.6 Å². The lowest BCUT2D eigenvalue weighted by Gasteiger charge is -2.17. The second-order valence-electron chi connectivity index (χ2n) is 5.81. The van der Waals surface area contributed by atoms with E-state index >= 15 is 0 Å². The van der Waals surface area contributed by atoms with Crippen LogP contribution in [-0.4, -0.2) is 13.1 Å². The highest BCUT2D eigenvalue weighted by Crippen LogP contribution is 2.22. The summed E-state index contributed by atoms with van der Waals surface area (Å²) < 4.78 is 13.4. The summed E-state index contributed by atoms with van der Waals surface area (Å²) in [6.45, 7) is 2.25. The average molecular weight is 314 g/mol. The van der Waals surface area contributed by atoms with Crippen molar-refractivity contribution in [3.63, 3.8) is 0 Å². The summed E-state index contributed by atoms with van der Waals surface area (Å²) in [5.41, 5.74) is 0.902. The number of halogens is 2. The lowest BCUT2D eigenvalue weighted by atomic mass is 9.99. The minimum atomic E-state index is -0.319. The highest BCUT2D eigenvalue weighted by atomic mass is 35.5. The molecule has 1 aromatic rings. The summed E-state index contributed by atoms with van der Waals surface area (Å²) in [6, 6.07) is 5.44. The Labute approximate surface area is 134 Å². The second-order valence-corrected chi connectivity index (χ2v) is 6.19. The molecule has 120 valence electrons. The quantitative estimate of drug-likeness (QED) is 0.513. The second kappa shape index (κ2) is 11.0. The molecule has 0 heterocycles. The summed E-state index contributed by atoms with van der Waals surface area (Å²) >= 11 is 6.02. The Kier molecular flexibility index (Phi) is 9.69. The van der Waals surface area contributed by atoms with Crippen LogP contribution in [0.5, 0.6) is 0 Å². The van der Waals surface area contributed by atoms with Crippen molar-refractivity contribution in [2.24, 2.45) is 0 Å². The van der Waals surface area contributed by atoms with E-state index in [1.165, 1.54) is 51.0 Å². The average Bonchev–Trinajstić information content (AvgIpc) is 2.49. The predicted molar refractivity (Wildman–Crippen MR) is 90.6 cm³/mol. The number of likely N-dealkylation sites (N-methyl/N-ethyl adjacent to an activating group) is 1. The molecule has 0 aliphatic carbocycles. The van der Waals surface area contributed by atoms with E-state index in [1.54, 1.807) is 6.07 Å². The highest BCUT2D eigenvalue weighted by molar-refractivity contribution is 6.31. The van der Waals surface area contributed by atoms with Crippen LogP contribution in [0.15, 0.2) is 18.2 Å². The Morgan fingerprint density at radius 2 is 1.76 bits per heavy atom. The van der Waals surface area contributed by atoms with E-state index in [2.05, 4.69) is 12.2 Å². The fourth-order valence-corrected chi connectivity index (χ4v) is 2.87. The SMILES string of the molecule is CCCCCCCCCC(Cc1cccc(F)c1Cl)NC. The zero-order valence-corrected chi connectivity index (χ0v) is 14.2. The van der Waals surface area contributed by atoms with Crippen LogP contribution in [0.25, 0.3) is 0 Å². The highest BCUT2D eigenvalue weighted by Gasteiger charge is 2.11. The molecular formula is C18H29ClFN. The minimum Gasteiger partial charge on any atom is -0.317 e. The van der Waals surface area contributed by atoms with E-state index < -0.39 is 0 Å². The van der Waals surface area contributed by atoms with Crippen molar-refractivity contribution in [3.05, 3.63) is 34.6 Å². The normalized spacial score (nSPS) is 12.6. The molecule has 0 fully saturated rings. The van der Waals surface area contributed by atoms with Gasteiger partial charge < -0.3 is 5.32 Å². The molecule has 0 bridgehead atoms. The number of hydrogen-bond acceptors (Lipinski definition) is 1. The molecule has 0 aliphatic heterocycles. The zero-order valence-electron chi connectivity index (χ0n) is 13.4. The van der Waals surface area contributed by atoms with Crippen LogP contribution in [0.2, 0.25) is 5.02 Å². The van der Waals surface area contributed by atoms with Crippen molar-refractivity contribution in [3.8, 4) is 0 Å². The van der Waals surface area contributed by atoms with Gasteiger partial charge >= 0.3 is 0 Å². The molecule has 0 aromatic heterocycles. The molecule has 1 N–H and O–H groups in total. The molecule has 1 nitrogen and oxygen atoms in total. The number of nitrogens with one attached hydrogen (secondary N) is 1. The van der Waals surface area contributed by atoms with Gasteiger partial charge in [-0.05, 0) is 31.5 Å². The maximum absolute atomic E-state index is 13.4. The van der Waals surface area contributed by atoms with Crippen molar-refractivity contribution in [2.45, 2.75) is 70.8 Å². The molecular weight excluding hydrogens is 285 g/mol. The maximum atomic E-state index is 13.4. The number of hydrogen-bond donors (Lipinski definition) is 1. The van der Waals surface area contributed by atoms with E-state index in [0.29, 0.717) is 6.04 Å². The standard InChI is InChI=1S/C18H29ClFN/c1-3-4-5-6-7-8-9-12-16(21-2)14-15-11-10-13-17(20)18(15)19/h10-11,13,16,21H,3-9,12,14H2,1-2H3.